The molecule has 0 aromatic rings. The first kappa shape index (κ1) is 8.20. The predicted octanol–water partition coefficient (Wildman–Crippen LogP) is 0.116. The summed E-state index contributed by atoms with van der Waals surface area (Å²) in [6, 6.07) is 0.267. The molecular weight excluding hydrogens is 113 g/mol. The van der Waals surface area contributed by atoms with Gasteiger partial charge in [-0.05, 0) is 13.8 Å². The SMILES string of the molecule is [B]/C(C=N)=N/NC(C)C. The fourth-order valence-corrected chi connectivity index (χ4v) is 0.236. The maximum absolute atomic E-state index is 6.63. The number of nitrogens with one attached hydrogen (secondary N) is 2. The first-order valence-electron chi connectivity index (χ1n) is 2.76. The molecule has 0 heterocycles. The van der Waals surface area contributed by atoms with Crippen molar-refractivity contribution in [1.29, 1.82) is 5.41 Å². The van der Waals surface area contributed by atoms with Gasteiger partial charge in [-0.2, -0.15) is 5.10 Å². The van der Waals surface area contributed by atoms with Gasteiger partial charge in [0.05, 0.1) is 0 Å². The van der Waals surface area contributed by atoms with Crippen molar-refractivity contribution in [2.75, 3.05) is 0 Å². The summed E-state index contributed by atoms with van der Waals surface area (Å²) in [5, 5.41) is 10.3. The molecule has 0 aromatic heterocycles. The molecule has 0 saturated carbocycles. The molecule has 2 N–H and O–H groups in total. The van der Waals surface area contributed by atoms with Crippen LogP contribution in [0.2, 0.25) is 0 Å². The lowest BCUT2D eigenvalue weighted by Crippen LogP contribution is -2.18. The highest BCUT2D eigenvalue weighted by Gasteiger charge is 1.85. The zero-order valence-electron chi connectivity index (χ0n) is 5.68. The Morgan fingerprint density at radius 1 is 1.78 bits per heavy atom. The predicted molar refractivity (Wildman–Crippen MR) is 40.2 cm³/mol. The van der Waals surface area contributed by atoms with E-state index in [1.165, 1.54) is 0 Å². The van der Waals surface area contributed by atoms with E-state index in [9.17, 15) is 0 Å². The fourth-order valence-electron chi connectivity index (χ4n) is 0.236. The Morgan fingerprint density at radius 2 is 2.33 bits per heavy atom. The monoisotopic (exact) mass is 123 g/mol. The normalized spacial score (nSPS) is 11.7. The number of hydrazone groups is 1. The Morgan fingerprint density at radius 3 is 2.67 bits per heavy atom. The molecule has 0 bridgehead atoms. The molecule has 0 atom stereocenters. The number of hydrogen-bond donors (Lipinski definition) is 2. The average molecular weight is 123 g/mol. The van der Waals surface area contributed by atoms with E-state index in [0.717, 1.165) is 6.21 Å². The lowest BCUT2D eigenvalue weighted by atomic mass is 10.0. The standard InChI is InChI=1S/C5H10BN3/c1-4(2)8-9-5(6)3-7/h3-4,7-8H,1-2H3/b7-3?,9-5+. The summed E-state index contributed by atoms with van der Waals surface area (Å²) in [5.74, 6) is 0. The van der Waals surface area contributed by atoms with Crippen LogP contribution in [0.1, 0.15) is 13.8 Å². The van der Waals surface area contributed by atoms with Crippen LogP contribution in [0.3, 0.4) is 0 Å². The first-order valence-corrected chi connectivity index (χ1v) is 2.76. The van der Waals surface area contributed by atoms with E-state index in [-0.39, 0.29) is 11.7 Å². The van der Waals surface area contributed by atoms with Crippen molar-refractivity contribution in [2.45, 2.75) is 19.9 Å². The third-order valence-corrected chi connectivity index (χ3v) is 0.600. The molecule has 0 aliphatic rings. The van der Waals surface area contributed by atoms with Crippen molar-refractivity contribution in [3.05, 3.63) is 0 Å². The Kier molecular flexibility index (Phi) is 3.76. The fraction of sp³-hybridized carbons (Fsp3) is 0.600. The van der Waals surface area contributed by atoms with Gasteiger partial charge >= 0.3 is 0 Å². The Labute approximate surface area is 56.5 Å². The van der Waals surface area contributed by atoms with Crippen molar-refractivity contribution in [2.24, 2.45) is 5.10 Å². The van der Waals surface area contributed by atoms with Gasteiger partial charge in [-0.1, -0.05) is 0 Å². The van der Waals surface area contributed by atoms with Crippen molar-refractivity contribution in [1.82, 2.24) is 5.43 Å². The smallest absolute Gasteiger partial charge is 0.146 e. The lowest BCUT2D eigenvalue weighted by molar-refractivity contribution is 0.623. The molecule has 0 fully saturated rings. The summed E-state index contributed by atoms with van der Waals surface area (Å²) >= 11 is 0. The zero-order chi connectivity index (χ0) is 7.28. The van der Waals surface area contributed by atoms with E-state index in [0.29, 0.717) is 0 Å². The molecule has 0 amide bonds. The van der Waals surface area contributed by atoms with Gasteiger partial charge in [0.25, 0.3) is 0 Å². The summed E-state index contributed by atoms with van der Waals surface area (Å²) in [6.07, 6.45) is 0.995. The van der Waals surface area contributed by atoms with Crippen LogP contribution in [-0.4, -0.2) is 25.7 Å². The maximum atomic E-state index is 6.63. The molecule has 0 spiro atoms. The summed E-state index contributed by atoms with van der Waals surface area (Å²) in [4.78, 5) is 0. The van der Waals surface area contributed by atoms with Crippen LogP contribution >= 0.6 is 0 Å². The summed E-state index contributed by atoms with van der Waals surface area (Å²) in [5.41, 5.74) is 2.91. The Hall–Kier alpha value is -0.795. The molecule has 3 nitrogen and oxygen atoms in total. The van der Waals surface area contributed by atoms with Crippen molar-refractivity contribution >= 4 is 19.7 Å². The van der Waals surface area contributed by atoms with Gasteiger partial charge in [-0.25, -0.2) is 0 Å². The van der Waals surface area contributed by atoms with Crippen LogP contribution in [0, 0.1) is 5.41 Å². The van der Waals surface area contributed by atoms with Gasteiger partial charge in [-0.3, -0.25) is 0 Å². The van der Waals surface area contributed by atoms with E-state index in [1.807, 2.05) is 13.8 Å². The van der Waals surface area contributed by atoms with Gasteiger partial charge < -0.3 is 10.8 Å². The second-order valence-electron chi connectivity index (χ2n) is 1.96. The van der Waals surface area contributed by atoms with E-state index in [4.69, 9.17) is 13.3 Å². The molecule has 0 aliphatic heterocycles. The van der Waals surface area contributed by atoms with Gasteiger partial charge in [0, 0.05) is 17.9 Å². The zero-order valence-corrected chi connectivity index (χ0v) is 5.68. The van der Waals surface area contributed by atoms with Crippen LogP contribution in [0.15, 0.2) is 5.10 Å². The molecule has 48 valence electrons. The van der Waals surface area contributed by atoms with Crippen LogP contribution in [0.4, 0.5) is 0 Å². The topological polar surface area (TPSA) is 48.2 Å². The number of nitrogens with zero attached hydrogens (tertiary/aromatic N) is 1. The van der Waals surface area contributed by atoms with E-state index >= 15 is 0 Å². The van der Waals surface area contributed by atoms with E-state index in [1.54, 1.807) is 0 Å². The summed E-state index contributed by atoms with van der Waals surface area (Å²) in [7, 11) is 5.17. The van der Waals surface area contributed by atoms with Crippen LogP contribution in [0.5, 0.6) is 0 Å². The number of rotatable bonds is 3. The molecule has 2 radical (unpaired) electrons. The molecule has 0 unspecified atom stereocenters. The van der Waals surface area contributed by atoms with Gasteiger partial charge in [0.1, 0.15) is 7.85 Å². The maximum Gasteiger partial charge on any atom is 0.146 e. The molecule has 0 aromatic carbocycles. The minimum absolute atomic E-state index is 0.198. The molecular formula is C5H10BN3. The Bertz CT molecular complexity index is 119. The minimum Gasteiger partial charge on any atom is -0.308 e. The van der Waals surface area contributed by atoms with Gasteiger partial charge in [0.15, 0.2) is 0 Å². The molecule has 0 rings (SSSR count). The summed E-state index contributed by atoms with van der Waals surface area (Å²) < 4.78 is 0. The van der Waals surface area contributed by atoms with Gasteiger partial charge in [-0.15, -0.1) is 0 Å². The molecule has 9 heavy (non-hydrogen) atoms. The summed E-state index contributed by atoms with van der Waals surface area (Å²) in [6.45, 7) is 3.89. The minimum atomic E-state index is 0.198. The molecule has 0 aliphatic carbocycles. The van der Waals surface area contributed by atoms with Crippen molar-refractivity contribution in [3.8, 4) is 0 Å². The second kappa shape index (κ2) is 4.12. The lowest BCUT2D eigenvalue weighted by Gasteiger charge is -2.02. The van der Waals surface area contributed by atoms with Crippen LogP contribution in [0.25, 0.3) is 0 Å². The highest BCUT2D eigenvalue weighted by atomic mass is 15.3. The number of hydrogen-bond acceptors (Lipinski definition) is 3. The van der Waals surface area contributed by atoms with Crippen LogP contribution in [-0.2, 0) is 0 Å². The Balaban J connectivity index is 3.56. The van der Waals surface area contributed by atoms with Crippen molar-refractivity contribution < 1.29 is 0 Å². The third-order valence-electron chi connectivity index (χ3n) is 0.600. The van der Waals surface area contributed by atoms with Gasteiger partial charge in [0.2, 0.25) is 0 Å². The largest absolute Gasteiger partial charge is 0.308 e. The average Bonchev–Trinajstić information content (AvgIpc) is 1.83. The van der Waals surface area contributed by atoms with Crippen LogP contribution < -0.4 is 5.43 Å². The molecule has 4 heteroatoms. The quantitative estimate of drug-likeness (QED) is 0.312. The first-order chi connectivity index (χ1) is 4.16. The highest BCUT2D eigenvalue weighted by molar-refractivity contribution is 6.75. The van der Waals surface area contributed by atoms with E-state index in [2.05, 4.69) is 10.5 Å². The highest BCUT2D eigenvalue weighted by Crippen LogP contribution is 1.74. The second-order valence-corrected chi connectivity index (χ2v) is 1.96. The molecule has 0 saturated heterocycles. The van der Waals surface area contributed by atoms with Crippen molar-refractivity contribution in [3.63, 3.8) is 0 Å². The van der Waals surface area contributed by atoms with E-state index < -0.39 is 0 Å². The third kappa shape index (κ3) is 5.07.